The van der Waals surface area contributed by atoms with Crippen molar-refractivity contribution in [2.45, 2.75) is 27.2 Å². The van der Waals surface area contributed by atoms with Gasteiger partial charge in [-0.15, -0.1) is 0 Å². The van der Waals surface area contributed by atoms with Gasteiger partial charge in [0.2, 0.25) is 11.8 Å². The van der Waals surface area contributed by atoms with Crippen molar-refractivity contribution in [1.82, 2.24) is 10.2 Å². The number of nitrogens with one attached hydrogen (secondary N) is 1. The van der Waals surface area contributed by atoms with Crippen molar-refractivity contribution in [3.05, 3.63) is 35.4 Å². The molecule has 0 spiro atoms. The number of aryl methyl sites for hydroxylation is 1. The molecule has 1 aliphatic rings. The Hall–Kier alpha value is -2.17. The molecule has 0 aliphatic carbocycles. The van der Waals surface area contributed by atoms with Gasteiger partial charge in [0.25, 0.3) is 0 Å². The number of barbiturate groups is 1. The molecule has 0 bridgehead atoms. The Bertz CT molecular complexity index is 578. The summed E-state index contributed by atoms with van der Waals surface area (Å²) in [4.78, 5) is 36.7. The smallest absolute Gasteiger partial charge is 0.277 e. The average molecular weight is 274 g/mol. The molecular weight excluding hydrogens is 256 g/mol. The minimum absolute atomic E-state index is 0.269. The van der Waals surface area contributed by atoms with E-state index < -0.39 is 23.3 Å². The van der Waals surface area contributed by atoms with Crippen LogP contribution in [0, 0.1) is 12.3 Å². The number of amides is 4. The van der Waals surface area contributed by atoms with Gasteiger partial charge in [-0.2, -0.15) is 0 Å². The molecule has 1 saturated heterocycles. The molecule has 1 aromatic rings. The third-order valence-corrected chi connectivity index (χ3v) is 3.52. The molecule has 1 heterocycles. The minimum atomic E-state index is -1.19. The molecular formula is C15H18N2O3. The highest BCUT2D eigenvalue weighted by Crippen LogP contribution is 2.23. The van der Waals surface area contributed by atoms with E-state index in [1.807, 2.05) is 31.2 Å². The van der Waals surface area contributed by atoms with Crippen molar-refractivity contribution in [2.75, 3.05) is 6.54 Å². The summed E-state index contributed by atoms with van der Waals surface area (Å²) in [6, 6.07) is 7.27. The highest BCUT2D eigenvalue weighted by atomic mass is 16.2. The van der Waals surface area contributed by atoms with E-state index in [1.165, 1.54) is 13.8 Å². The van der Waals surface area contributed by atoms with E-state index in [0.29, 0.717) is 6.42 Å². The van der Waals surface area contributed by atoms with Gasteiger partial charge in [0.1, 0.15) is 5.41 Å². The first-order valence-corrected chi connectivity index (χ1v) is 6.55. The fourth-order valence-electron chi connectivity index (χ4n) is 2.16. The Balaban J connectivity index is 2.10. The number of hydrogen-bond donors (Lipinski definition) is 1. The van der Waals surface area contributed by atoms with Crippen molar-refractivity contribution >= 4 is 17.8 Å². The lowest BCUT2D eigenvalue weighted by Gasteiger charge is -2.34. The van der Waals surface area contributed by atoms with Crippen molar-refractivity contribution in [3.63, 3.8) is 0 Å². The first-order chi connectivity index (χ1) is 9.32. The summed E-state index contributed by atoms with van der Waals surface area (Å²) < 4.78 is 0. The van der Waals surface area contributed by atoms with Crippen molar-refractivity contribution in [2.24, 2.45) is 5.41 Å². The van der Waals surface area contributed by atoms with E-state index in [-0.39, 0.29) is 6.54 Å². The second-order valence-electron chi connectivity index (χ2n) is 5.58. The number of carbonyl (C=O) groups is 3. The zero-order valence-corrected chi connectivity index (χ0v) is 11.9. The zero-order chi connectivity index (χ0) is 14.9. The van der Waals surface area contributed by atoms with Crippen molar-refractivity contribution < 1.29 is 14.4 Å². The van der Waals surface area contributed by atoms with Crippen LogP contribution in [-0.2, 0) is 16.0 Å². The van der Waals surface area contributed by atoms with Crippen LogP contribution in [-0.4, -0.2) is 29.3 Å². The van der Waals surface area contributed by atoms with E-state index in [1.54, 1.807) is 0 Å². The molecule has 0 aromatic heterocycles. The van der Waals surface area contributed by atoms with Crippen LogP contribution in [0.5, 0.6) is 0 Å². The summed E-state index contributed by atoms with van der Waals surface area (Å²) in [5.41, 5.74) is 0.994. The molecule has 4 amide bonds. The third kappa shape index (κ3) is 2.57. The van der Waals surface area contributed by atoms with E-state index >= 15 is 0 Å². The van der Waals surface area contributed by atoms with Crippen LogP contribution in [0.25, 0.3) is 0 Å². The number of rotatable bonds is 3. The maximum Gasteiger partial charge on any atom is 0.330 e. The summed E-state index contributed by atoms with van der Waals surface area (Å²) >= 11 is 0. The normalized spacial score (nSPS) is 18.1. The number of imide groups is 2. The number of hydrogen-bond acceptors (Lipinski definition) is 3. The van der Waals surface area contributed by atoms with Crippen LogP contribution in [0.2, 0.25) is 0 Å². The van der Waals surface area contributed by atoms with E-state index in [9.17, 15) is 14.4 Å². The van der Waals surface area contributed by atoms with E-state index in [2.05, 4.69) is 5.32 Å². The number of carbonyl (C=O) groups excluding carboxylic acids is 3. The number of benzene rings is 1. The zero-order valence-electron chi connectivity index (χ0n) is 11.9. The maximum absolute atomic E-state index is 12.2. The van der Waals surface area contributed by atoms with Gasteiger partial charge in [-0.25, -0.2) is 4.79 Å². The van der Waals surface area contributed by atoms with E-state index in [4.69, 9.17) is 0 Å². The molecule has 5 heteroatoms. The molecule has 106 valence electrons. The Morgan fingerprint density at radius 2 is 1.90 bits per heavy atom. The molecule has 1 fully saturated rings. The fraction of sp³-hybridized carbons (Fsp3) is 0.400. The van der Waals surface area contributed by atoms with Gasteiger partial charge in [-0.3, -0.25) is 19.8 Å². The third-order valence-electron chi connectivity index (χ3n) is 3.52. The second-order valence-corrected chi connectivity index (χ2v) is 5.58. The summed E-state index contributed by atoms with van der Waals surface area (Å²) in [5, 5.41) is 2.22. The summed E-state index contributed by atoms with van der Waals surface area (Å²) in [6.45, 7) is 5.31. The monoisotopic (exact) mass is 274 g/mol. The fourth-order valence-corrected chi connectivity index (χ4v) is 2.16. The van der Waals surface area contributed by atoms with Crippen molar-refractivity contribution in [1.29, 1.82) is 0 Å². The van der Waals surface area contributed by atoms with Crippen LogP contribution >= 0.6 is 0 Å². The van der Waals surface area contributed by atoms with Gasteiger partial charge < -0.3 is 0 Å². The summed E-state index contributed by atoms with van der Waals surface area (Å²) in [5.74, 6) is -0.988. The van der Waals surface area contributed by atoms with Gasteiger partial charge in [0, 0.05) is 6.54 Å². The minimum Gasteiger partial charge on any atom is -0.277 e. The molecule has 1 aromatic carbocycles. The van der Waals surface area contributed by atoms with Crippen LogP contribution in [0.3, 0.4) is 0 Å². The van der Waals surface area contributed by atoms with Gasteiger partial charge in [-0.05, 0) is 32.8 Å². The predicted octanol–water partition coefficient (Wildman–Crippen LogP) is 1.64. The number of nitrogens with zero attached hydrogens (tertiary/aromatic N) is 1. The Labute approximate surface area is 118 Å². The van der Waals surface area contributed by atoms with Crippen LogP contribution < -0.4 is 5.32 Å². The highest BCUT2D eigenvalue weighted by molar-refractivity contribution is 6.18. The van der Waals surface area contributed by atoms with Gasteiger partial charge in [0.15, 0.2) is 0 Å². The lowest BCUT2D eigenvalue weighted by atomic mass is 9.88. The standard InChI is InChI=1S/C15H18N2O3/c1-10-5-4-6-11(9-10)7-8-17-13(19)15(2,3)12(18)16-14(17)20/h4-6,9H,7-8H2,1-3H3,(H,16,18,20). The SMILES string of the molecule is Cc1cccc(CCN2C(=O)NC(=O)C(C)(C)C2=O)c1. The topological polar surface area (TPSA) is 66.5 Å². The second kappa shape index (κ2) is 5.07. The van der Waals surface area contributed by atoms with E-state index in [0.717, 1.165) is 16.0 Å². The summed E-state index contributed by atoms with van der Waals surface area (Å²) in [7, 11) is 0. The van der Waals surface area contributed by atoms with Gasteiger partial charge >= 0.3 is 6.03 Å². The van der Waals surface area contributed by atoms with Gasteiger partial charge in [-0.1, -0.05) is 29.8 Å². The van der Waals surface area contributed by atoms with Gasteiger partial charge in [0.05, 0.1) is 0 Å². The molecule has 0 radical (unpaired) electrons. The first kappa shape index (κ1) is 14.2. The molecule has 1 aliphatic heterocycles. The van der Waals surface area contributed by atoms with Crippen molar-refractivity contribution in [3.8, 4) is 0 Å². The molecule has 0 saturated carbocycles. The van der Waals surface area contributed by atoms with Crippen LogP contribution in [0.1, 0.15) is 25.0 Å². The summed E-state index contributed by atoms with van der Waals surface area (Å²) in [6.07, 6.45) is 0.575. The quantitative estimate of drug-likeness (QED) is 0.852. The average Bonchev–Trinajstić information content (AvgIpc) is 2.37. The molecule has 0 atom stereocenters. The Morgan fingerprint density at radius 3 is 2.55 bits per heavy atom. The molecule has 1 N–H and O–H groups in total. The maximum atomic E-state index is 12.2. The highest BCUT2D eigenvalue weighted by Gasteiger charge is 2.46. The molecule has 20 heavy (non-hydrogen) atoms. The Morgan fingerprint density at radius 1 is 1.20 bits per heavy atom. The molecule has 0 unspecified atom stereocenters. The van der Waals surface area contributed by atoms with Crippen LogP contribution in [0.4, 0.5) is 4.79 Å². The molecule has 5 nitrogen and oxygen atoms in total. The predicted molar refractivity (Wildman–Crippen MR) is 73.9 cm³/mol. The first-order valence-electron chi connectivity index (χ1n) is 6.55. The largest absolute Gasteiger partial charge is 0.330 e. The molecule has 2 rings (SSSR count). The Kier molecular flexibility index (Phi) is 3.61. The lowest BCUT2D eigenvalue weighted by Crippen LogP contribution is -2.62. The van der Waals surface area contributed by atoms with Crippen LogP contribution in [0.15, 0.2) is 24.3 Å². The number of urea groups is 1. The lowest BCUT2D eigenvalue weighted by molar-refractivity contribution is -0.148.